The Balaban J connectivity index is 1.67. The van der Waals surface area contributed by atoms with E-state index in [4.69, 9.17) is 0 Å². The predicted octanol–water partition coefficient (Wildman–Crippen LogP) is 5.14. The summed E-state index contributed by atoms with van der Waals surface area (Å²) in [6.07, 6.45) is 3.27. The summed E-state index contributed by atoms with van der Waals surface area (Å²) in [4.78, 5) is 13.5. The van der Waals surface area contributed by atoms with Gasteiger partial charge in [-0.25, -0.2) is 4.98 Å². The number of para-hydroxylation sites is 2. The molecule has 0 saturated heterocycles. The van der Waals surface area contributed by atoms with Crippen LogP contribution >= 0.6 is 11.8 Å². The minimum absolute atomic E-state index is 0.159. The van der Waals surface area contributed by atoms with Crippen molar-refractivity contribution in [1.82, 2.24) is 9.97 Å². The van der Waals surface area contributed by atoms with Crippen molar-refractivity contribution in [3.8, 4) is 5.75 Å². The molecule has 0 spiro atoms. The summed E-state index contributed by atoms with van der Waals surface area (Å²) < 4.78 is 0. The first-order chi connectivity index (χ1) is 12.8. The van der Waals surface area contributed by atoms with Gasteiger partial charge in [0.15, 0.2) is 0 Å². The summed E-state index contributed by atoms with van der Waals surface area (Å²) in [6.45, 7) is 0.657. The summed E-state index contributed by atoms with van der Waals surface area (Å²) >= 11 is 1.79. The highest BCUT2D eigenvalue weighted by molar-refractivity contribution is 7.99. The molecule has 1 aromatic heterocycles. The number of aromatic nitrogens is 2. The van der Waals surface area contributed by atoms with E-state index in [1.807, 2.05) is 6.07 Å². The van der Waals surface area contributed by atoms with Crippen LogP contribution in [0.3, 0.4) is 0 Å². The van der Waals surface area contributed by atoms with E-state index in [1.54, 1.807) is 30.2 Å². The number of phenolic OH excluding ortho intramolecular Hbond substituents is 1. The van der Waals surface area contributed by atoms with Crippen LogP contribution in [0.1, 0.15) is 5.56 Å². The van der Waals surface area contributed by atoms with Crippen LogP contribution in [-0.2, 0) is 6.54 Å². The van der Waals surface area contributed by atoms with E-state index in [-0.39, 0.29) is 5.75 Å². The minimum atomic E-state index is 0.159. The smallest absolute Gasteiger partial charge is 0.143 e. The zero-order chi connectivity index (χ0) is 17.5. The number of hydrogen-bond donors (Lipinski definition) is 1. The molecule has 1 aliphatic heterocycles. The second kappa shape index (κ2) is 6.04. The molecule has 1 N–H and O–H groups in total. The second-order valence-electron chi connectivity index (χ2n) is 6.12. The maximum atomic E-state index is 10.1. The third kappa shape index (κ3) is 2.40. The van der Waals surface area contributed by atoms with Gasteiger partial charge in [0, 0.05) is 22.2 Å². The summed E-state index contributed by atoms with van der Waals surface area (Å²) in [6, 6.07) is 20.5. The van der Waals surface area contributed by atoms with Gasteiger partial charge in [-0.2, -0.15) is 0 Å². The molecule has 5 heteroatoms. The molecular weight excluding hydrogens is 342 g/mol. The topological polar surface area (TPSA) is 49.2 Å². The average molecular weight is 357 g/mol. The van der Waals surface area contributed by atoms with Crippen LogP contribution < -0.4 is 4.90 Å². The molecule has 0 fully saturated rings. The highest BCUT2D eigenvalue weighted by Crippen LogP contribution is 2.48. The van der Waals surface area contributed by atoms with Gasteiger partial charge in [-0.15, -0.1) is 0 Å². The molecule has 0 radical (unpaired) electrons. The van der Waals surface area contributed by atoms with Gasteiger partial charge >= 0.3 is 0 Å². The fraction of sp³-hybridized carbons (Fsp3) is 0.0476. The highest BCUT2D eigenvalue weighted by atomic mass is 32.2. The normalized spacial score (nSPS) is 12.7. The molecule has 126 valence electrons. The van der Waals surface area contributed by atoms with Gasteiger partial charge < -0.3 is 10.0 Å². The summed E-state index contributed by atoms with van der Waals surface area (Å²) in [5, 5.41) is 10.1. The lowest BCUT2D eigenvalue weighted by molar-refractivity contribution is 0.480. The number of benzene rings is 3. The first-order valence-corrected chi connectivity index (χ1v) is 9.18. The SMILES string of the molecule is Oc1ccc(CN2c3ccccc3Sc3ccccc32)c2nccnc12. The van der Waals surface area contributed by atoms with Gasteiger partial charge in [-0.3, -0.25) is 4.98 Å². The maximum Gasteiger partial charge on any atom is 0.143 e. The van der Waals surface area contributed by atoms with Crippen molar-refractivity contribution in [2.75, 3.05) is 4.90 Å². The number of rotatable bonds is 2. The quantitative estimate of drug-likeness (QED) is 0.538. The Bertz CT molecular complexity index is 1080. The second-order valence-corrected chi connectivity index (χ2v) is 7.20. The fourth-order valence-corrected chi connectivity index (χ4v) is 4.44. The monoisotopic (exact) mass is 357 g/mol. The summed E-state index contributed by atoms with van der Waals surface area (Å²) in [5.41, 5.74) is 4.67. The Hall–Kier alpha value is -3.05. The van der Waals surface area contributed by atoms with Crippen molar-refractivity contribution in [2.45, 2.75) is 16.3 Å². The molecule has 26 heavy (non-hydrogen) atoms. The average Bonchev–Trinajstić information content (AvgIpc) is 2.70. The van der Waals surface area contributed by atoms with Crippen LogP contribution in [0.25, 0.3) is 11.0 Å². The van der Waals surface area contributed by atoms with Crippen LogP contribution in [0.4, 0.5) is 11.4 Å². The molecule has 0 saturated carbocycles. The number of aromatic hydroxyl groups is 1. The van der Waals surface area contributed by atoms with E-state index in [0.29, 0.717) is 12.1 Å². The van der Waals surface area contributed by atoms with Crippen LogP contribution in [0.15, 0.2) is 82.8 Å². The van der Waals surface area contributed by atoms with Crippen LogP contribution in [-0.4, -0.2) is 15.1 Å². The van der Waals surface area contributed by atoms with Gasteiger partial charge in [0.25, 0.3) is 0 Å². The van der Waals surface area contributed by atoms with Gasteiger partial charge in [-0.05, 0) is 35.9 Å². The van der Waals surface area contributed by atoms with Gasteiger partial charge in [0.05, 0.1) is 23.4 Å². The zero-order valence-electron chi connectivity index (χ0n) is 13.8. The first kappa shape index (κ1) is 15.2. The Morgan fingerprint density at radius 1 is 0.769 bits per heavy atom. The van der Waals surface area contributed by atoms with Crippen molar-refractivity contribution in [2.24, 2.45) is 0 Å². The molecule has 0 amide bonds. The van der Waals surface area contributed by atoms with E-state index in [2.05, 4.69) is 63.4 Å². The molecule has 0 unspecified atom stereocenters. The van der Waals surface area contributed by atoms with Crippen LogP contribution in [0.5, 0.6) is 5.75 Å². The Kier molecular flexibility index (Phi) is 3.53. The lowest BCUT2D eigenvalue weighted by atomic mass is 10.1. The van der Waals surface area contributed by atoms with Gasteiger partial charge in [-0.1, -0.05) is 42.1 Å². The van der Waals surface area contributed by atoms with Crippen molar-refractivity contribution >= 4 is 34.2 Å². The van der Waals surface area contributed by atoms with E-state index in [0.717, 1.165) is 11.1 Å². The van der Waals surface area contributed by atoms with Crippen molar-refractivity contribution in [1.29, 1.82) is 0 Å². The molecule has 4 nitrogen and oxygen atoms in total. The van der Waals surface area contributed by atoms with Crippen molar-refractivity contribution in [3.05, 3.63) is 78.6 Å². The molecule has 0 bridgehead atoms. The number of fused-ring (bicyclic) bond motifs is 3. The molecular formula is C21H15N3OS. The number of phenols is 1. The summed E-state index contributed by atoms with van der Waals surface area (Å²) in [7, 11) is 0. The van der Waals surface area contributed by atoms with Crippen molar-refractivity contribution < 1.29 is 5.11 Å². The lowest BCUT2D eigenvalue weighted by Crippen LogP contribution is -2.20. The lowest BCUT2D eigenvalue weighted by Gasteiger charge is -2.33. The highest BCUT2D eigenvalue weighted by Gasteiger charge is 2.23. The third-order valence-corrected chi connectivity index (χ3v) is 5.68. The predicted molar refractivity (Wildman–Crippen MR) is 104 cm³/mol. The standard InChI is InChI=1S/C21H15N3OS/c25-17-10-9-14(20-21(17)23-12-11-22-20)13-24-15-5-1-3-7-18(15)26-19-8-4-2-6-16(19)24/h1-12,25H,13H2. The molecule has 5 rings (SSSR count). The third-order valence-electron chi connectivity index (χ3n) is 4.55. The minimum Gasteiger partial charge on any atom is -0.506 e. The zero-order valence-corrected chi connectivity index (χ0v) is 14.6. The number of anilines is 2. The Morgan fingerprint density at radius 2 is 1.38 bits per heavy atom. The molecule has 1 aliphatic rings. The molecule has 0 aliphatic carbocycles. The van der Waals surface area contributed by atoms with Crippen LogP contribution in [0.2, 0.25) is 0 Å². The molecule has 4 aromatic rings. The maximum absolute atomic E-state index is 10.1. The van der Waals surface area contributed by atoms with Crippen molar-refractivity contribution in [3.63, 3.8) is 0 Å². The van der Waals surface area contributed by atoms with E-state index >= 15 is 0 Å². The van der Waals surface area contributed by atoms with Gasteiger partial charge in [0.1, 0.15) is 11.3 Å². The molecule has 0 atom stereocenters. The number of hydrogen-bond acceptors (Lipinski definition) is 5. The van der Waals surface area contributed by atoms with Gasteiger partial charge in [0.2, 0.25) is 0 Å². The largest absolute Gasteiger partial charge is 0.506 e. The van der Waals surface area contributed by atoms with Crippen LogP contribution in [0, 0.1) is 0 Å². The van der Waals surface area contributed by atoms with E-state index in [9.17, 15) is 5.11 Å². The molecule has 3 aromatic carbocycles. The first-order valence-electron chi connectivity index (χ1n) is 8.36. The van der Waals surface area contributed by atoms with E-state index < -0.39 is 0 Å². The Morgan fingerprint density at radius 3 is 2.08 bits per heavy atom. The van der Waals surface area contributed by atoms with E-state index in [1.165, 1.54) is 21.2 Å². The molecule has 2 heterocycles. The summed E-state index contributed by atoms with van der Waals surface area (Å²) in [5.74, 6) is 0.159. The number of nitrogens with zero attached hydrogens (tertiary/aromatic N) is 3. The fourth-order valence-electron chi connectivity index (χ4n) is 3.35. The Labute approximate surface area is 155 Å².